The molecule has 1 unspecified atom stereocenters. The SMILES string of the molecule is COCCC(C)n1ncc([N+](=O)[O-])c1N. The predicted molar refractivity (Wildman–Crippen MR) is 54.5 cm³/mol. The lowest BCUT2D eigenvalue weighted by molar-refractivity contribution is -0.384. The molecule has 1 aromatic heterocycles. The summed E-state index contributed by atoms with van der Waals surface area (Å²) in [6.45, 7) is 2.44. The number of ether oxygens (including phenoxy) is 1. The number of hydrogen-bond donors (Lipinski definition) is 1. The van der Waals surface area contributed by atoms with Crippen LogP contribution in [0.3, 0.4) is 0 Å². The van der Waals surface area contributed by atoms with E-state index < -0.39 is 4.92 Å². The summed E-state index contributed by atoms with van der Waals surface area (Å²) in [6, 6.07) is -0.0151. The lowest BCUT2D eigenvalue weighted by Gasteiger charge is -2.12. The minimum atomic E-state index is -0.540. The van der Waals surface area contributed by atoms with Crippen molar-refractivity contribution in [2.24, 2.45) is 0 Å². The van der Waals surface area contributed by atoms with Crippen molar-refractivity contribution in [3.63, 3.8) is 0 Å². The van der Waals surface area contributed by atoms with Gasteiger partial charge in [-0.2, -0.15) is 5.10 Å². The topological polar surface area (TPSA) is 96.2 Å². The summed E-state index contributed by atoms with van der Waals surface area (Å²) >= 11 is 0. The number of nitro groups is 1. The Kier molecular flexibility index (Phi) is 3.62. The fraction of sp³-hybridized carbons (Fsp3) is 0.625. The molecule has 0 radical (unpaired) electrons. The molecule has 0 aliphatic heterocycles. The summed E-state index contributed by atoms with van der Waals surface area (Å²) in [4.78, 5) is 9.98. The Morgan fingerprint density at radius 1 is 1.80 bits per heavy atom. The number of nitrogens with zero attached hydrogens (tertiary/aromatic N) is 3. The Morgan fingerprint density at radius 2 is 2.47 bits per heavy atom. The second-order valence-electron chi connectivity index (χ2n) is 3.25. The van der Waals surface area contributed by atoms with Crippen LogP contribution in [0.5, 0.6) is 0 Å². The van der Waals surface area contributed by atoms with Crippen molar-refractivity contribution in [2.45, 2.75) is 19.4 Å². The fourth-order valence-electron chi connectivity index (χ4n) is 1.27. The van der Waals surface area contributed by atoms with Gasteiger partial charge in [-0.25, -0.2) is 4.68 Å². The maximum absolute atomic E-state index is 10.5. The van der Waals surface area contributed by atoms with Crippen LogP contribution in [-0.4, -0.2) is 28.4 Å². The van der Waals surface area contributed by atoms with Crippen LogP contribution in [0.1, 0.15) is 19.4 Å². The quantitative estimate of drug-likeness (QED) is 0.582. The van der Waals surface area contributed by atoms with E-state index in [9.17, 15) is 10.1 Å². The van der Waals surface area contributed by atoms with Crippen LogP contribution in [0.2, 0.25) is 0 Å². The van der Waals surface area contributed by atoms with E-state index in [-0.39, 0.29) is 17.5 Å². The highest BCUT2D eigenvalue weighted by Gasteiger charge is 2.20. The van der Waals surface area contributed by atoms with E-state index in [4.69, 9.17) is 10.5 Å². The Balaban J connectivity index is 2.81. The van der Waals surface area contributed by atoms with Gasteiger partial charge in [0.2, 0.25) is 5.82 Å². The highest BCUT2D eigenvalue weighted by molar-refractivity contribution is 5.51. The number of anilines is 1. The molecule has 84 valence electrons. The second kappa shape index (κ2) is 4.74. The molecule has 0 aliphatic rings. The molecule has 15 heavy (non-hydrogen) atoms. The monoisotopic (exact) mass is 214 g/mol. The maximum Gasteiger partial charge on any atom is 0.330 e. The lowest BCUT2D eigenvalue weighted by Crippen LogP contribution is -2.12. The molecular weight excluding hydrogens is 200 g/mol. The molecule has 1 aromatic rings. The first-order valence-electron chi connectivity index (χ1n) is 4.54. The minimum Gasteiger partial charge on any atom is -0.385 e. The first-order chi connectivity index (χ1) is 7.07. The first-order valence-corrected chi connectivity index (χ1v) is 4.54. The molecule has 0 bridgehead atoms. The molecule has 2 N–H and O–H groups in total. The molecule has 0 fully saturated rings. The third kappa shape index (κ3) is 2.44. The molecule has 0 aromatic carbocycles. The minimum absolute atomic E-state index is 0.0151. The predicted octanol–water partition coefficient (Wildman–Crippen LogP) is 0.971. The van der Waals surface area contributed by atoms with Gasteiger partial charge in [0.1, 0.15) is 6.20 Å². The van der Waals surface area contributed by atoms with Gasteiger partial charge in [-0.05, 0) is 13.3 Å². The molecule has 0 amide bonds. The van der Waals surface area contributed by atoms with E-state index in [0.29, 0.717) is 13.0 Å². The normalized spacial score (nSPS) is 12.7. The average molecular weight is 214 g/mol. The van der Waals surface area contributed by atoms with Crippen LogP contribution in [0.25, 0.3) is 0 Å². The van der Waals surface area contributed by atoms with E-state index in [1.165, 1.54) is 10.9 Å². The molecule has 0 saturated carbocycles. The van der Waals surface area contributed by atoms with Gasteiger partial charge >= 0.3 is 5.69 Å². The van der Waals surface area contributed by atoms with Crippen LogP contribution in [0.4, 0.5) is 11.5 Å². The maximum atomic E-state index is 10.5. The molecule has 7 nitrogen and oxygen atoms in total. The molecule has 0 saturated heterocycles. The van der Waals surface area contributed by atoms with Crippen molar-refractivity contribution in [2.75, 3.05) is 19.5 Å². The van der Waals surface area contributed by atoms with Gasteiger partial charge < -0.3 is 10.5 Å². The number of methoxy groups -OCH3 is 1. The van der Waals surface area contributed by atoms with Gasteiger partial charge in [0.15, 0.2) is 0 Å². The van der Waals surface area contributed by atoms with Crippen LogP contribution >= 0.6 is 0 Å². The van der Waals surface area contributed by atoms with E-state index in [2.05, 4.69) is 5.10 Å². The third-order valence-electron chi connectivity index (χ3n) is 2.17. The Morgan fingerprint density at radius 3 is 2.93 bits per heavy atom. The summed E-state index contributed by atoms with van der Waals surface area (Å²) in [5.74, 6) is 0.0867. The standard InChI is InChI=1S/C8H14N4O3/c1-6(3-4-15-2)11-8(9)7(5-10-11)12(13)14/h5-6H,3-4,9H2,1-2H3. The smallest absolute Gasteiger partial charge is 0.330 e. The highest BCUT2D eigenvalue weighted by Crippen LogP contribution is 2.24. The zero-order chi connectivity index (χ0) is 11.4. The number of rotatable bonds is 5. The summed E-state index contributed by atoms with van der Waals surface area (Å²) in [5, 5.41) is 14.4. The first kappa shape index (κ1) is 11.4. The number of aromatic nitrogens is 2. The van der Waals surface area contributed by atoms with Gasteiger partial charge in [0, 0.05) is 13.7 Å². The Bertz CT molecular complexity index is 350. The second-order valence-corrected chi connectivity index (χ2v) is 3.25. The van der Waals surface area contributed by atoms with E-state index in [1.54, 1.807) is 7.11 Å². The van der Waals surface area contributed by atoms with Crippen molar-refractivity contribution in [1.82, 2.24) is 9.78 Å². The van der Waals surface area contributed by atoms with E-state index >= 15 is 0 Å². The van der Waals surface area contributed by atoms with Gasteiger partial charge in [0.05, 0.1) is 11.0 Å². The number of nitrogen functional groups attached to an aromatic ring is 1. The van der Waals surface area contributed by atoms with Crippen molar-refractivity contribution in [3.05, 3.63) is 16.3 Å². The Hall–Kier alpha value is -1.63. The summed E-state index contributed by atoms with van der Waals surface area (Å²) < 4.78 is 6.35. The van der Waals surface area contributed by atoms with Crippen molar-refractivity contribution in [1.29, 1.82) is 0 Å². The van der Waals surface area contributed by atoms with Gasteiger partial charge in [-0.3, -0.25) is 10.1 Å². The Labute approximate surface area is 87.0 Å². The summed E-state index contributed by atoms with van der Waals surface area (Å²) in [5.41, 5.74) is 5.44. The van der Waals surface area contributed by atoms with Gasteiger partial charge in [0.25, 0.3) is 0 Å². The molecule has 0 aliphatic carbocycles. The van der Waals surface area contributed by atoms with E-state index in [1.807, 2.05) is 6.92 Å². The molecular formula is C8H14N4O3. The van der Waals surface area contributed by atoms with Crippen LogP contribution in [-0.2, 0) is 4.74 Å². The zero-order valence-electron chi connectivity index (χ0n) is 8.71. The molecule has 7 heteroatoms. The van der Waals surface area contributed by atoms with Crippen LogP contribution in [0.15, 0.2) is 6.20 Å². The third-order valence-corrected chi connectivity index (χ3v) is 2.17. The molecule has 1 rings (SSSR count). The zero-order valence-corrected chi connectivity index (χ0v) is 8.71. The molecule has 1 atom stereocenters. The van der Waals surface area contributed by atoms with Crippen LogP contribution < -0.4 is 5.73 Å². The number of hydrogen-bond acceptors (Lipinski definition) is 5. The lowest BCUT2D eigenvalue weighted by atomic mass is 10.2. The molecule has 0 spiro atoms. The summed E-state index contributed by atoms with van der Waals surface area (Å²) in [7, 11) is 1.60. The molecule has 1 heterocycles. The highest BCUT2D eigenvalue weighted by atomic mass is 16.6. The van der Waals surface area contributed by atoms with Gasteiger partial charge in [-0.15, -0.1) is 0 Å². The van der Waals surface area contributed by atoms with Crippen molar-refractivity contribution < 1.29 is 9.66 Å². The fourth-order valence-corrected chi connectivity index (χ4v) is 1.27. The van der Waals surface area contributed by atoms with Crippen molar-refractivity contribution in [3.8, 4) is 0 Å². The average Bonchev–Trinajstić information content (AvgIpc) is 2.56. The van der Waals surface area contributed by atoms with E-state index in [0.717, 1.165) is 0 Å². The summed E-state index contributed by atoms with van der Waals surface area (Å²) in [6.07, 6.45) is 1.87. The number of nitrogens with two attached hydrogens (primary N) is 1. The largest absolute Gasteiger partial charge is 0.385 e. The van der Waals surface area contributed by atoms with Gasteiger partial charge in [-0.1, -0.05) is 0 Å². The van der Waals surface area contributed by atoms with Crippen molar-refractivity contribution >= 4 is 11.5 Å². The van der Waals surface area contributed by atoms with Crippen LogP contribution in [0, 0.1) is 10.1 Å².